The highest BCUT2D eigenvalue weighted by Gasteiger charge is 2.37. The van der Waals surface area contributed by atoms with Crippen LogP contribution < -0.4 is 0 Å². The van der Waals surface area contributed by atoms with E-state index in [-0.39, 0.29) is 50.1 Å². The van der Waals surface area contributed by atoms with Gasteiger partial charge in [0.1, 0.15) is 13.1 Å². The minimum absolute atomic E-state index is 0.0424. The van der Waals surface area contributed by atoms with Gasteiger partial charge in [0.15, 0.2) is 0 Å². The van der Waals surface area contributed by atoms with Gasteiger partial charge in [0, 0.05) is 38.2 Å². The summed E-state index contributed by atoms with van der Waals surface area (Å²) in [6.45, 7) is 0.289. The molecule has 0 N–H and O–H groups in total. The summed E-state index contributed by atoms with van der Waals surface area (Å²) in [6, 6.07) is 5.40. The molecule has 1 aromatic carbocycles. The molecule has 0 bridgehead atoms. The first-order chi connectivity index (χ1) is 12.7. The van der Waals surface area contributed by atoms with Crippen molar-refractivity contribution in [1.29, 1.82) is 0 Å². The van der Waals surface area contributed by atoms with Crippen molar-refractivity contribution in [2.75, 3.05) is 46.3 Å². The van der Waals surface area contributed by atoms with Gasteiger partial charge in [-0.3, -0.25) is 14.5 Å². The van der Waals surface area contributed by atoms with Crippen molar-refractivity contribution in [2.45, 2.75) is 4.90 Å². The summed E-state index contributed by atoms with van der Waals surface area (Å²) < 4.78 is 26.6. The Hall–Kier alpha value is -2.17. The van der Waals surface area contributed by atoms with Crippen molar-refractivity contribution in [3.63, 3.8) is 0 Å². The van der Waals surface area contributed by atoms with Crippen molar-refractivity contribution in [2.24, 2.45) is 0 Å². The molecule has 0 atom stereocenters. The Morgan fingerprint density at radius 3 is 2.19 bits per heavy atom. The molecule has 3 rings (SSSR count). The summed E-state index contributed by atoms with van der Waals surface area (Å²) >= 11 is 5.79. The van der Waals surface area contributed by atoms with E-state index in [0.29, 0.717) is 5.02 Å². The van der Waals surface area contributed by atoms with Crippen LogP contribution in [0.3, 0.4) is 0 Å². The van der Waals surface area contributed by atoms with Crippen molar-refractivity contribution in [1.82, 2.24) is 19.0 Å². The quantitative estimate of drug-likeness (QED) is 0.649. The zero-order valence-corrected chi connectivity index (χ0v) is 16.2. The first kappa shape index (κ1) is 19.6. The van der Waals surface area contributed by atoms with Gasteiger partial charge in [-0.1, -0.05) is 11.6 Å². The standard InChI is InChI=1S/C16H19ClN4O5S/c1-18-10-15(23)21(16(18)24)11-14(22)19-6-8-20(9-7-19)27(25,26)13-4-2-12(17)3-5-13/h2-5H,6-11H2,1H3. The Bertz CT molecular complexity index is 865. The second-order valence-electron chi connectivity index (χ2n) is 6.36. The van der Waals surface area contributed by atoms with Gasteiger partial charge in [0.25, 0.3) is 5.91 Å². The monoisotopic (exact) mass is 414 g/mol. The molecule has 27 heavy (non-hydrogen) atoms. The van der Waals surface area contributed by atoms with Gasteiger partial charge in [0.2, 0.25) is 15.9 Å². The molecule has 2 saturated heterocycles. The highest BCUT2D eigenvalue weighted by Crippen LogP contribution is 2.20. The summed E-state index contributed by atoms with van der Waals surface area (Å²) in [5.41, 5.74) is 0. The molecule has 2 heterocycles. The largest absolute Gasteiger partial charge is 0.338 e. The lowest BCUT2D eigenvalue weighted by Crippen LogP contribution is -2.53. The van der Waals surface area contributed by atoms with Gasteiger partial charge in [-0.15, -0.1) is 0 Å². The van der Waals surface area contributed by atoms with Gasteiger partial charge in [-0.05, 0) is 24.3 Å². The number of nitrogens with zero attached hydrogens (tertiary/aromatic N) is 4. The molecule has 4 amide bonds. The lowest BCUT2D eigenvalue weighted by molar-refractivity contribution is -0.137. The van der Waals surface area contributed by atoms with Crippen molar-refractivity contribution in [3.8, 4) is 0 Å². The summed E-state index contributed by atoms with van der Waals surface area (Å²) in [7, 11) is -2.17. The number of carbonyl (C=O) groups excluding carboxylic acids is 3. The molecule has 0 saturated carbocycles. The van der Waals surface area contributed by atoms with Crippen molar-refractivity contribution >= 4 is 39.5 Å². The molecule has 2 aliphatic rings. The molecular formula is C16H19ClN4O5S. The van der Waals surface area contributed by atoms with E-state index in [0.717, 1.165) is 4.90 Å². The highest BCUT2D eigenvalue weighted by atomic mass is 35.5. The molecule has 11 heteroatoms. The summed E-state index contributed by atoms with van der Waals surface area (Å²) in [5, 5.41) is 0.445. The molecule has 146 valence electrons. The number of amides is 4. The fourth-order valence-corrected chi connectivity index (χ4v) is 4.54. The number of likely N-dealkylation sites (N-methyl/N-ethyl adjacent to an activating group) is 1. The molecule has 0 radical (unpaired) electrons. The van der Waals surface area contributed by atoms with E-state index >= 15 is 0 Å². The molecule has 0 aromatic heterocycles. The lowest BCUT2D eigenvalue weighted by atomic mass is 10.3. The maximum Gasteiger partial charge on any atom is 0.327 e. The number of hydrogen-bond acceptors (Lipinski definition) is 5. The SMILES string of the molecule is CN1CC(=O)N(CC(=O)N2CCN(S(=O)(=O)c3ccc(Cl)cc3)CC2)C1=O. The maximum absolute atomic E-state index is 12.7. The Morgan fingerprint density at radius 2 is 1.67 bits per heavy atom. The van der Waals surface area contributed by atoms with Gasteiger partial charge in [-0.25, -0.2) is 13.2 Å². The number of benzene rings is 1. The number of halogens is 1. The van der Waals surface area contributed by atoms with Crippen LogP contribution >= 0.6 is 11.6 Å². The number of carbonyl (C=O) groups is 3. The maximum atomic E-state index is 12.7. The first-order valence-electron chi connectivity index (χ1n) is 8.29. The number of imide groups is 1. The van der Waals surface area contributed by atoms with Crippen LogP contribution in [-0.2, 0) is 19.6 Å². The van der Waals surface area contributed by atoms with E-state index in [1.54, 1.807) is 0 Å². The first-order valence-corrected chi connectivity index (χ1v) is 10.1. The Morgan fingerprint density at radius 1 is 1.07 bits per heavy atom. The third-order valence-electron chi connectivity index (χ3n) is 4.57. The molecule has 0 aliphatic carbocycles. The number of sulfonamides is 1. The second-order valence-corrected chi connectivity index (χ2v) is 8.73. The molecular weight excluding hydrogens is 396 g/mol. The van der Waals surface area contributed by atoms with E-state index in [2.05, 4.69) is 0 Å². The van der Waals surface area contributed by atoms with Gasteiger partial charge in [-0.2, -0.15) is 4.31 Å². The van der Waals surface area contributed by atoms with Crippen LogP contribution in [0.4, 0.5) is 4.79 Å². The smallest absolute Gasteiger partial charge is 0.327 e. The molecule has 9 nitrogen and oxygen atoms in total. The summed E-state index contributed by atoms with van der Waals surface area (Å²) in [6.07, 6.45) is 0. The predicted octanol–water partition coefficient (Wildman–Crippen LogP) is 0.0669. The van der Waals surface area contributed by atoms with E-state index in [1.807, 2.05) is 0 Å². The minimum atomic E-state index is -3.66. The van der Waals surface area contributed by atoms with E-state index < -0.39 is 22.0 Å². The van der Waals surface area contributed by atoms with Crippen LogP contribution in [0.25, 0.3) is 0 Å². The van der Waals surface area contributed by atoms with Gasteiger partial charge < -0.3 is 9.80 Å². The third-order valence-corrected chi connectivity index (χ3v) is 6.73. The topological polar surface area (TPSA) is 98.3 Å². The van der Waals surface area contributed by atoms with Crippen molar-refractivity contribution < 1.29 is 22.8 Å². The predicted molar refractivity (Wildman–Crippen MR) is 96.5 cm³/mol. The second kappa shape index (κ2) is 7.45. The van der Waals surface area contributed by atoms with Crippen LogP contribution in [-0.4, -0.2) is 91.6 Å². The molecule has 1 aromatic rings. The van der Waals surface area contributed by atoms with Gasteiger partial charge in [0.05, 0.1) is 4.90 Å². The summed E-state index contributed by atoms with van der Waals surface area (Å²) in [5.74, 6) is -0.796. The van der Waals surface area contributed by atoms with Gasteiger partial charge >= 0.3 is 6.03 Å². The number of rotatable bonds is 4. The zero-order chi connectivity index (χ0) is 19.8. The number of piperazine rings is 1. The van der Waals surface area contributed by atoms with E-state index in [1.165, 1.54) is 45.4 Å². The zero-order valence-electron chi connectivity index (χ0n) is 14.7. The summed E-state index contributed by atoms with van der Waals surface area (Å²) in [4.78, 5) is 39.8. The fraction of sp³-hybridized carbons (Fsp3) is 0.438. The van der Waals surface area contributed by atoms with Crippen LogP contribution in [0.15, 0.2) is 29.2 Å². The molecule has 0 spiro atoms. The van der Waals surface area contributed by atoms with Crippen LogP contribution in [0.1, 0.15) is 0 Å². The normalized spacial score (nSPS) is 19.1. The highest BCUT2D eigenvalue weighted by molar-refractivity contribution is 7.89. The van der Waals surface area contributed by atoms with Crippen LogP contribution in [0.5, 0.6) is 0 Å². The van der Waals surface area contributed by atoms with E-state index in [4.69, 9.17) is 11.6 Å². The third kappa shape index (κ3) is 3.92. The fourth-order valence-electron chi connectivity index (χ4n) is 2.99. The molecule has 2 fully saturated rings. The number of hydrogen-bond donors (Lipinski definition) is 0. The van der Waals surface area contributed by atoms with E-state index in [9.17, 15) is 22.8 Å². The van der Waals surface area contributed by atoms with Crippen LogP contribution in [0.2, 0.25) is 5.02 Å². The Kier molecular flexibility index (Phi) is 5.41. The Balaban J connectivity index is 1.60. The van der Waals surface area contributed by atoms with Crippen LogP contribution in [0, 0.1) is 0 Å². The molecule has 0 unspecified atom stereocenters. The molecule has 2 aliphatic heterocycles. The lowest BCUT2D eigenvalue weighted by Gasteiger charge is -2.34. The Labute approximate surface area is 162 Å². The average Bonchev–Trinajstić information content (AvgIpc) is 2.88. The minimum Gasteiger partial charge on any atom is -0.338 e. The number of urea groups is 1. The van der Waals surface area contributed by atoms with Crippen molar-refractivity contribution in [3.05, 3.63) is 29.3 Å². The average molecular weight is 415 g/mol.